The number of aryl methyl sites for hydroxylation is 2. The summed E-state index contributed by atoms with van der Waals surface area (Å²) in [6.45, 7) is 4.19. The zero-order chi connectivity index (χ0) is 12.6. The normalized spacial score (nSPS) is 17.4. The van der Waals surface area contributed by atoms with Gasteiger partial charge in [0.2, 0.25) is 0 Å². The van der Waals surface area contributed by atoms with Crippen molar-refractivity contribution in [2.75, 3.05) is 13.1 Å². The molecule has 4 heteroatoms. The lowest BCUT2D eigenvalue weighted by molar-refractivity contribution is 0.272. The van der Waals surface area contributed by atoms with Crippen molar-refractivity contribution in [3.05, 3.63) is 47.3 Å². The van der Waals surface area contributed by atoms with Gasteiger partial charge >= 0.3 is 0 Å². The van der Waals surface area contributed by atoms with E-state index in [-0.39, 0.29) is 5.41 Å². The summed E-state index contributed by atoms with van der Waals surface area (Å²) < 4.78 is 1.77. The molecule has 0 radical (unpaired) electrons. The van der Waals surface area contributed by atoms with E-state index in [1.807, 2.05) is 13.2 Å². The molecule has 94 valence electrons. The van der Waals surface area contributed by atoms with E-state index >= 15 is 0 Å². The highest BCUT2D eigenvalue weighted by Gasteiger charge is 2.39. The Morgan fingerprint density at radius 2 is 2.22 bits per heavy atom. The first-order valence-electron chi connectivity index (χ1n) is 6.31. The standard InChI is InChI=1S/C14H18N4/c1-11-4-3-5-12(6-11)14(9-15-10-14)7-13-8-18(2)17-16-13/h3-6,8,15H,7,9-10H2,1-2H3. The predicted molar refractivity (Wildman–Crippen MR) is 70.4 cm³/mol. The average molecular weight is 242 g/mol. The van der Waals surface area contributed by atoms with Crippen LogP contribution in [-0.4, -0.2) is 28.1 Å². The molecule has 0 aliphatic carbocycles. The molecule has 1 N–H and O–H groups in total. The fourth-order valence-corrected chi connectivity index (χ4v) is 2.66. The SMILES string of the molecule is Cc1cccc(C2(Cc3cn(C)nn3)CNC2)c1. The predicted octanol–water partition coefficient (Wildman–Crippen LogP) is 1.21. The van der Waals surface area contributed by atoms with Gasteiger partial charge in [0.05, 0.1) is 5.69 Å². The summed E-state index contributed by atoms with van der Waals surface area (Å²) in [4.78, 5) is 0. The van der Waals surface area contributed by atoms with Crippen molar-refractivity contribution in [1.29, 1.82) is 0 Å². The number of nitrogens with one attached hydrogen (secondary N) is 1. The van der Waals surface area contributed by atoms with Crippen LogP contribution in [0.3, 0.4) is 0 Å². The van der Waals surface area contributed by atoms with Gasteiger partial charge in [0.25, 0.3) is 0 Å². The monoisotopic (exact) mass is 242 g/mol. The van der Waals surface area contributed by atoms with E-state index in [0.717, 1.165) is 25.2 Å². The van der Waals surface area contributed by atoms with Crippen molar-refractivity contribution in [2.24, 2.45) is 7.05 Å². The van der Waals surface area contributed by atoms with Gasteiger partial charge in [0, 0.05) is 38.2 Å². The molecular formula is C14H18N4. The van der Waals surface area contributed by atoms with Gasteiger partial charge < -0.3 is 5.32 Å². The topological polar surface area (TPSA) is 42.7 Å². The largest absolute Gasteiger partial charge is 0.315 e. The molecule has 0 spiro atoms. The van der Waals surface area contributed by atoms with E-state index in [1.165, 1.54) is 11.1 Å². The Bertz CT molecular complexity index is 554. The van der Waals surface area contributed by atoms with Gasteiger partial charge in [0.15, 0.2) is 0 Å². The van der Waals surface area contributed by atoms with Crippen molar-refractivity contribution in [3.63, 3.8) is 0 Å². The molecule has 0 amide bonds. The van der Waals surface area contributed by atoms with Crippen LogP contribution >= 0.6 is 0 Å². The molecule has 0 saturated carbocycles. The number of nitrogens with zero attached hydrogens (tertiary/aromatic N) is 3. The van der Waals surface area contributed by atoms with Crippen molar-refractivity contribution in [2.45, 2.75) is 18.8 Å². The highest BCUT2D eigenvalue weighted by Crippen LogP contribution is 2.32. The minimum absolute atomic E-state index is 0.196. The number of benzene rings is 1. The fourth-order valence-electron chi connectivity index (χ4n) is 2.66. The smallest absolute Gasteiger partial charge is 0.0836 e. The summed E-state index contributed by atoms with van der Waals surface area (Å²) in [5, 5.41) is 11.6. The van der Waals surface area contributed by atoms with Crippen molar-refractivity contribution < 1.29 is 0 Å². The second kappa shape index (κ2) is 4.21. The molecule has 2 aromatic rings. The summed E-state index contributed by atoms with van der Waals surface area (Å²) in [7, 11) is 1.91. The first kappa shape index (κ1) is 11.4. The summed E-state index contributed by atoms with van der Waals surface area (Å²) in [6, 6.07) is 8.80. The van der Waals surface area contributed by atoms with Gasteiger partial charge in [-0.25, -0.2) is 0 Å². The van der Waals surface area contributed by atoms with Crippen LogP contribution in [0.5, 0.6) is 0 Å². The molecule has 3 rings (SSSR count). The minimum atomic E-state index is 0.196. The summed E-state index contributed by atoms with van der Waals surface area (Å²) in [5.41, 5.74) is 3.99. The molecule has 18 heavy (non-hydrogen) atoms. The van der Waals surface area contributed by atoms with Crippen LogP contribution in [-0.2, 0) is 18.9 Å². The van der Waals surface area contributed by atoms with E-state index in [1.54, 1.807) is 4.68 Å². The van der Waals surface area contributed by atoms with Gasteiger partial charge in [0.1, 0.15) is 0 Å². The third-order valence-electron chi connectivity index (χ3n) is 3.73. The molecule has 1 saturated heterocycles. The molecule has 1 aromatic heterocycles. The van der Waals surface area contributed by atoms with Crippen LogP contribution in [0, 0.1) is 6.92 Å². The van der Waals surface area contributed by atoms with Crippen LogP contribution in [0.4, 0.5) is 0 Å². The molecule has 0 bridgehead atoms. The lowest BCUT2D eigenvalue weighted by Crippen LogP contribution is -2.58. The highest BCUT2D eigenvalue weighted by molar-refractivity contribution is 5.34. The van der Waals surface area contributed by atoms with Gasteiger partial charge in [-0.2, -0.15) is 0 Å². The molecular weight excluding hydrogens is 224 g/mol. The van der Waals surface area contributed by atoms with Gasteiger partial charge in [-0.05, 0) is 12.5 Å². The van der Waals surface area contributed by atoms with Gasteiger partial charge in [-0.3, -0.25) is 4.68 Å². The Labute approximate surface area is 107 Å². The molecule has 4 nitrogen and oxygen atoms in total. The van der Waals surface area contributed by atoms with E-state index in [4.69, 9.17) is 0 Å². The highest BCUT2D eigenvalue weighted by atomic mass is 15.4. The first-order chi connectivity index (χ1) is 8.68. The third kappa shape index (κ3) is 1.93. The Kier molecular flexibility index (Phi) is 2.67. The second-order valence-electron chi connectivity index (χ2n) is 5.31. The van der Waals surface area contributed by atoms with E-state index in [9.17, 15) is 0 Å². The number of hydrogen-bond donors (Lipinski definition) is 1. The quantitative estimate of drug-likeness (QED) is 0.879. The maximum Gasteiger partial charge on any atom is 0.0836 e. The van der Waals surface area contributed by atoms with E-state index in [2.05, 4.69) is 46.8 Å². The van der Waals surface area contributed by atoms with Crippen molar-refractivity contribution in [1.82, 2.24) is 20.3 Å². The zero-order valence-corrected chi connectivity index (χ0v) is 10.8. The van der Waals surface area contributed by atoms with Crippen molar-refractivity contribution >= 4 is 0 Å². The second-order valence-corrected chi connectivity index (χ2v) is 5.31. The Morgan fingerprint density at radius 3 is 2.78 bits per heavy atom. The Balaban J connectivity index is 1.90. The lowest BCUT2D eigenvalue weighted by atomic mass is 9.71. The van der Waals surface area contributed by atoms with Crippen LogP contribution < -0.4 is 5.32 Å². The Morgan fingerprint density at radius 1 is 1.39 bits per heavy atom. The molecule has 1 aromatic carbocycles. The van der Waals surface area contributed by atoms with Crippen LogP contribution in [0.15, 0.2) is 30.5 Å². The maximum absolute atomic E-state index is 4.22. The van der Waals surface area contributed by atoms with Gasteiger partial charge in [-0.1, -0.05) is 35.0 Å². The summed E-state index contributed by atoms with van der Waals surface area (Å²) >= 11 is 0. The van der Waals surface area contributed by atoms with E-state index < -0.39 is 0 Å². The molecule has 1 aliphatic heterocycles. The molecule has 0 atom stereocenters. The zero-order valence-electron chi connectivity index (χ0n) is 10.8. The molecule has 1 fully saturated rings. The summed E-state index contributed by atoms with van der Waals surface area (Å²) in [5.74, 6) is 0. The first-order valence-corrected chi connectivity index (χ1v) is 6.31. The van der Waals surface area contributed by atoms with E-state index in [0.29, 0.717) is 0 Å². The number of hydrogen-bond acceptors (Lipinski definition) is 3. The average Bonchev–Trinajstić information content (AvgIpc) is 2.69. The van der Waals surface area contributed by atoms with Gasteiger partial charge in [-0.15, -0.1) is 5.10 Å². The summed E-state index contributed by atoms with van der Waals surface area (Å²) in [6.07, 6.45) is 2.97. The lowest BCUT2D eigenvalue weighted by Gasteiger charge is -2.43. The van der Waals surface area contributed by atoms with Crippen molar-refractivity contribution in [3.8, 4) is 0 Å². The molecule has 0 unspecified atom stereocenters. The van der Waals surface area contributed by atoms with Crippen LogP contribution in [0.1, 0.15) is 16.8 Å². The Hall–Kier alpha value is -1.68. The maximum atomic E-state index is 4.22. The molecule has 1 aliphatic rings. The number of rotatable bonds is 3. The fraction of sp³-hybridized carbons (Fsp3) is 0.429. The molecule has 2 heterocycles. The minimum Gasteiger partial charge on any atom is -0.315 e. The van der Waals surface area contributed by atoms with Crippen LogP contribution in [0.2, 0.25) is 0 Å². The third-order valence-corrected chi connectivity index (χ3v) is 3.73. The number of aromatic nitrogens is 3. The van der Waals surface area contributed by atoms with Crippen LogP contribution in [0.25, 0.3) is 0 Å².